The largest absolute Gasteiger partial charge is 0.326 e. The van der Waals surface area contributed by atoms with Gasteiger partial charge < -0.3 is 10.6 Å². The van der Waals surface area contributed by atoms with Gasteiger partial charge >= 0.3 is 0 Å². The number of aryl methyl sites for hydroxylation is 1. The van der Waals surface area contributed by atoms with Crippen LogP contribution in [0.4, 0.5) is 10.8 Å². The van der Waals surface area contributed by atoms with Gasteiger partial charge in [-0.3, -0.25) is 9.59 Å². The molecule has 0 atom stereocenters. The van der Waals surface area contributed by atoms with Crippen molar-refractivity contribution in [3.8, 4) is 0 Å². The lowest BCUT2D eigenvalue weighted by molar-refractivity contribution is -0.121. The van der Waals surface area contributed by atoms with Crippen molar-refractivity contribution in [1.82, 2.24) is 10.2 Å². The maximum atomic E-state index is 12.0. The fourth-order valence-electron chi connectivity index (χ4n) is 2.31. The third-order valence-electron chi connectivity index (χ3n) is 3.55. The van der Waals surface area contributed by atoms with Crippen LogP contribution in [0.1, 0.15) is 44.2 Å². The van der Waals surface area contributed by atoms with E-state index in [4.69, 9.17) is 0 Å². The van der Waals surface area contributed by atoms with Crippen LogP contribution in [0, 0.1) is 5.92 Å². The molecule has 0 saturated heterocycles. The van der Waals surface area contributed by atoms with Gasteiger partial charge in [-0.2, -0.15) is 0 Å². The minimum absolute atomic E-state index is 0.110. The Kier molecular flexibility index (Phi) is 7.06. The van der Waals surface area contributed by atoms with E-state index < -0.39 is 0 Å². The molecule has 2 amide bonds. The van der Waals surface area contributed by atoms with Crippen LogP contribution in [-0.2, 0) is 22.4 Å². The Morgan fingerprint density at radius 2 is 1.76 bits per heavy atom. The lowest BCUT2D eigenvalue weighted by atomic mass is 10.1. The van der Waals surface area contributed by atoms with E-state index >= 15 is 0 Å². The van der Waals surface area contributed by atoms with Crippen molar-refractivity contribution in [2.24, 2.45) is 5.92 Å². The molecule has 1 aromatic carbocycles. The lowest BCUT2D eigenvalue weighted by Gasteiger charge is -2.09. The first kappa shape index (κ1) is 19.1. The second-order valence-corrected chi connectivity index (χ2v) is 7.27. The number of carbonyl (C=O) groups excluding carboxylic acids is 2. The summed E-state index contributed by atoms with van der Waals surface area (Å²) < 4.78 is 0. The number of aromatic nitrogens is 2. The minimum Gasteiger partial charge on any atom is -0.326 e. The highest BCUT2D eigenvalue weighted by molar-refractivity contribution is 7.15. The molecule has 0 aliphatic rings. The number of rotatable bonds is 8. The van der Waals surface area contributed by atoms with Crippen LogP contribution in [0.2, 0.25) is 0 Å². The summed E-state index contributed by atoms with van der Waals surface area (Å²) in [6.07, 6.45) is 1.92. The summed E-state index contributed by atoms with van der Waals surface area (Å²) in [6.45, 7) is 6.25. The zero-order valence-electron chi connectivity index (χ0n) is 14.8. The Morgan fingerprint density at radius 1 is 1.08 bits per heavy atom. The summed E-state index contributed by atoms with van der Waals surface area (Å²) in [5.74, 6) is 0.0891. The highest BCUT2D eigenvalue weighted by Gasteiger charge is 2.12. The molecule has 0 spiro atoms. The minimum atomic E-state index is -0.230. The Morgan fingerprint density at radius 3 is 2.44 bits per heavy atom. The molecule has 0 aliphatic carbocycles. The maximum absolute atomic E-state index is 12.0. The number of nitrogens with zero attached hydrogens (tertiary/aromatic N) is 2. The van der Waals surface area contributed by atoms with E-state index in [1.165, 1.54) is 11.3 Å². The van der Waals surface area contributed by atoms with Crippen LogP contribution in [0.5, 0.6) is 0 Å². The number of hydrogen-bond donors (Lipinski definition) is 2. The Balaban J connectivity index is 1.79. The molecule has 25 heavy (non-hydrogen) atoms. The third kappa shape index (κ3) is 6.26. The van der Waals surface area contributed by atoms with Crippen molar-refractivity contribution in [2.75, 3.05) is 10.6 Å². The quantitative estimate of drug-likeness (QED) is 0.752. The molecule has 0 radical (unpaired) electrons. The molecule has 1 heterocycles. The van der Waals surface area contributed by atoms with Gasteiger partial charge in [-0.1, -0.05) is 50.3 Å². The van der Waals surface area contributed by atoms with E-state index in [0.717, 1.165) is 29.1 Å². The van der Waals surface area contributed by atoms with Gasteiger partial charge in [-0.25, -0.2) is 0 Å². The summed E-state index contributed by atoms with van der Waals surface area (Å²) in [4.78, 5) is 24.0. The summed E-state index contributed by atoms with van der Waals surface area (Å²) in [5, 5.41) is 15.0. The fourth-order valence-corrected chi connectivity index (χ4v) is 3.28. The van der Waals surface area contributed by atoms with E-state index in [0.29, 0.717) is 11.0 Å². The molecule has 0 saturated carbocycles. The highest BCUT2D eigenvalue weighted by Crippen LogP contribution is 2.19. The van der Waals surface area contributed by atoms with Gasteiger partial charge in [0.15, 0.2) is 0 Å². The predicted octanol–water partition coefficient (Wildman–Crippen LogP) is 3.66. The molecule has 0 fully saturated rings. The predicted molar refractivity (Wildman–Crippen MR) is 101 cm³/mol. The van der Waals surface area contributed by atoms with E-state index in [-0.39, 0.29) is 24.7 Å². The maximum Gasteiger partial charge on any atom is 0.226 e. The SMILES string of the molecule is CCc1ccccc1NC(=O)CCC(=O)Nc1nnc(CC(C)C)s1. The standard InChI is InChI=1S/C18H24N4O2S/c1-4-13-7-5-6-8-14(13)19-15(23)9-10-16(24)20-18-22-21-17(25-18)11-12(2)3/h5-8,12H,4,9-11H2,1-3H3,(H,19,23)(H,20,22,24). The van der Waals surface area contributed by atoms with Gasteiger partial charge in [0, 0.05) is 24.9 Å². The number of anilines is 2. The normalized spacial score (nSPS) is 10.7. The van der Waals surface area contributed by atoms with Crippen molar-refractivity contribution in [2.45, 2.75) is 46.5 Å². The van der Waals surface area contributed by atoms with Crippen LogP contribution in [0.15, 0.2) is 24.3 Å². The van der Waals surface area contributed by atoms with Crippen molar-refractivity contribution in [3.63, 3.8) is 0 Å². The van der Waals surface area contributed by atoms with Crippen LogP contribution in [0.3, 0.4) is 0 Å². The molecule has 0 aliphatic heterocycles. The Bertz CT molecular complexity index is 727. The number of carbonyl (C=O) groups is 2. The number of hydrogen-bond acceptors (Lipinski definition) is 5. The van der Waals surface area contributed by atoms with Gasteiger partial charge in [-0.05, 0) is 24.0 Å². The molecule has 7 heteroatoms. The second kappa shape index (κ2) is 9.27. The summed E-state index contributed by atoms with van der Waals surface area (Å²) in [5.41, 5.74) is 1.88. The Hall–Kier alpha value is -2.28. The molecule has 2 rings (SSSR count). The fraction of sp³-hybridized carbons (Fsp3) is 0.444. The number of benzene rings is 1. The highest BCUT2D eigenvalue weighted by atomic mass is 32.1. The van der Waals surface area contributed by atoms with Crippen LogP contribution in [-0.4, -0.2) is 22.0 Å². The van der Waals surface area contributed by atoms with E-state index in [1.54, 1.807) is 0 Å². The van der Waals surface area contributed by atoms with Crippen molar-refractivity contribution >= 4 is 34.0 Å². The second-order valence-electron chi connectivity index (χ2n) is 6.21. The van der Waals surface area contributed by atoms with E-state index in [9.17, 15) is 9.59 Å². The van der Waals surface area contributed by atoms with Gasteiger partial charge in [0.05, 0.1) is 0 Å². The topological polar surface area (TPSA) is 84.0 Å². The molecule has 134 valence electrons. The lowest BCUT2D eigenvalue weighted by Crippen LogP contribution is -2.17. The molecular formula is C18H24N4O2S. The van der Waals surface area contributed by atoms with E-state index in [1.807, 2.05) is 31.2 Å². The van der Waals surface area contributed by atoms with Crippen molar-refractivity contribution in [3.05, 3.63) is 34.8 Å². The average Bonchev–Trinajstić information content (AvgIpc) is 2.99. The van der Waals surface area contributed by atoms with Gasteiger partial charge in [0.25, 0.3) is 0 Å². The Labute approximate surface area is 152 Å². The average molecular weight is 360 g/mol. The summed E-state index contributed by atoms with van der Waals surface area (Å²) >= 11 is 1.38. The smallest absolute Gasteiger partial charge is 0.226 e. The third-order valence-corrected chi connectivity index (χ3v) is 4.41. The number of amides is 2. The van der Waals surface area contributed by atoms with Crippen LogP contribution in [0.25, 0.3) is 0 Å². The van der Waals surface area contributed by atoms with E-state index in [2.05, 4.69) is 34.7 Å². The monoisotopic (exact) mass is 360 g/mol. The molecular weight excluding hydrogens is 336 g/mol. The molecule has 1 aromatic heterocycles. The van der Waals surface area contributed by atoms with Crippen LogP contribution < -0.4 is 10.6 Å². The van der Waals surface area contributed by atoms with Gasteiger partial charge in [0.1, 0.15) is 5.01 Å². The zero-order valence-corrected chi connectivity index (χ0v) is 15.7. The van der Waals surface area contributed by atoms with Gasteiger partial charge in [0.2, 0.25) is 16.9 Å². The molecule has 0 unspecified atom stereocenters. The number of para-hydroxylation sites is 1. The van der Waals surface area contributed by atoms with Gasteiger partial charge in [-0.15, -0.1) is 10.2 Å². The van der Waals surface area contributed by atoms with Crippen molar-refractivity contribution < 1.29 is 9.59 Å². The first-order chi connectivity index (χ1) is 12.0. The molecule has 0 bridgehead atoms. The number of nitrogens with one attached hydrogen (secondary N) is 2. The molecule has 6 nitrogen and oxygen atoms in total. The summed E-state index contributed by atoms with van der Waals surface area (Å²) in [7, 11) is 0. The van der Waals surface area contributed by atoms with Crippen molar-refractivity contribution in [1.29, 1.82) is 0 Å². The zero-order chi connectivity index (χ0) is 18.2. The first-order valence-corrected chi connectivity index (χ1v) is 9.29. The first-order valence-electron chi connectivity index (χ1n) is 8.48. The van der Waals surface area contributed by atoms with Crippen LogP contribution >= 0.6 is 11.3 Å². The summed E-state index contributed by atoms with van der Waals surface area (Å²) in [6, 6.07) is 7.67. The molecule has 2 N–H and O–H groups in total. The molecule has 2 aromatic rings.